The maximum atomic E-state index is 12.7. The molecule has 0 radical (unpaired) electrons. The van der Waals surface area contributed by atoms with Crippen LogP contribution < -0.4 is 4.90 Å². The van der Waals surface area contributed by atoms with Crippen LogP contribution in [0, 0.1) is 13.8 Å². The maximum absolute atomic E-state index is 12.7. The first-order valence-corrected chi connectivity index (χ1v) is 8.45. The molecule has 3 heterocycles. The average Bonchev–Trinajstić information content (AvgIpc) is 3.04. The number of furan rings is 1. The number of amides is 1. The van der Waals surface area contributed by atoms with Crippen LogP contribution in [0.3, 0.4) is 0 Å². The van der Waals surface area contributed by atoms with Crippen molar-refractivity contribution in [3.63, 3.8) is 0 Å². The lowest BCUT2D eigenvalue weighted by Gasteiger charge is -2.35. The topological polar surface area (TPSA) is 62.5 Å². The molecule has 2 aromatic heterocycles. The molecular weight excluding hydrogens is 316 g/mol. The first-order valence-electron chi connectivity index (χ1n) is 8.45. The van der Waals surface area contributed by atoms with Gasteiger partial charge >= 0.3 is 0 Å². The number of nitrogens with zero attached hydrogens (tertiary/aromatic N) is 4. The summed E-state index contributed by atoms with van der Waals surface area (Å²) in [4.78, 5) is 25.6. The third kappa shape index (κ3) is 3.07. The van der Waals surface area contributed by atoms with E-state index in [0.717, 1.165) is 41.4 Å². The van der Waals surface area contributed by atoms with Crippen molar-refractivity contribution in [2.45, 2.75) is 13.8 Å². The van der Waals surface area contributed by atoms with Gasteiger partial charge in [-0.3, -0.25) is 4.79 Å². The highest BCUT2D eigenvalue weighted by Gasteiger charge is 2.25. The Morgan fingerprint density at radius 3 is 2.52 bits per heavy atom. The summed E-state index contributed by atoms with van der Waals surface area (Å²) in [6, 6.07) is 11.5. The van der Waals surface area contributed by atoms with Gasteiger partial charge in [-0.15, -0.1) is 0 Å². The quantitative estimate of drug-likeness (QED) is 0.720. The Labute approximate surface area is 146 Å². The lowest BCUT2D eigenvalue weighted by atomic mass is 10.2. The number of aryl methyl sites for hydroxylation is 2. The van der Waals surface area contributed by atoms with E-state index >= 15 is 0 Å². The second-order valence-corrected chi connectivity index (χ2v) is 6.34. The zero-order valence-corrected chi connectivity index (χ0v) is 14.4. The number of fused-ring (bicyclic) bond motifs is 1. The molecule has 0 spiro atoms. The molecule has 0 bridgehead atoms. The second kappa shape index (κ2) is 6.20. The van der Waals surface area contributed by atoms with Crippen molar-refractivity contribution in [3.05, 3.63) is 53.7 Å². The van der Waals surface area contributed by atoms with Gasteiger partial charge in [-0.1, -0.05) is 18.2 Å². The maximum Gasteiger partial charge on any atom is 0.289 e. The Hall–Kier alpha value is -2.89. The van der Waals surface area contributed by atoms with Gasteiger partial charge in [0.2, 0.25) is 0 Å². The van der Waals surface area contributed by atoms with Crippen LogP contribution >= 0.6 is 0 Å². The zero-order valence-electron chi connectivity index (χ0n) is 14.4. The van der Waals surface area contributed by atoms with E-state index in [9.17, 15) is 4.79 Å². The van der Waals surface area contributed by atoms with E-state index in [1.807, 2.05) is 55.1 Å². The van der Waals surface area contributed by atoms with Crippen molar-refractivity contribution >= 4 is 22.7 Å². The summed E-state index contributed by atoms with van der Waals surface area (Å²) >= 11 is 0. The molecule has 3 aromatic rings. The number of hydrogen-bond acceptors (Lipinski definition) is 5. The van der Waals surface area contributed by atoms with Crippen molar-refractivity contribution in [1.82, 2.24) is 14.9 Å². The molecule has 0 aliphatic carbocycles. The summed E-state index contributed by atoms with van der Waals surface area (Å²) in [6.45, 7) is 6.68. The fourth-order valence-electron chi connectivity index (χ4n) is 3.24. The van der Waals surface area contributed by atoms with Gasteiger partial charge in [-0.2, -0.15) is 0 Å². The molecule has 0 unspecified atom stereocenters. The van der Waals surface area contributed by atoms with E-state index in [1.54, 1.807) is 0 Å². The van der Waals surface area contributed by atoms with Crippen molar-refractivity contribution in [2.24, 2.45) is 0 Å². The average molecular weight is 336 g/mol. The number of rotatable bonds is 2. The number of hydrogen-bond donors (Lipinski definition) is 0. The van der Waals surface area contributed by atoms with Crippen LogP contribution in [0.15, 0.2) is 40.8 Å². The molecule has 1 aromatic carbocycles. The van der Waals surface area contributed by atoms with E-state index in [2.05, 4.69) is 14.9 Å². The van der Waals surface area contributed by atoms with Crippen LogP contribution in [0.25, 0.3) is 11.0 Å². The van der Waals surface area contributed by atoms with Crippen LogP contribution in [-0.2, 0) is 0 Å². The van der Waals surface area contributed by atoms with Crippen LogP contribution in [0.2, 0.25) is 0 Å². The molecule has 1 aliphatic heterocycles. The molecule has 25 heavy (non-hydrogen) atoms. The van der Waals surface area contributed by atoms with E-state index in [4.69, 9.17) is 4.42 Å². The standard InChI is InChI=1S/C19H20N4O2/c1-13-11-18(21-14(2)20-13)22-7-9-23(10-8-22)19(24)17-12-15-5-3-4-6-16(15)25-17/h3-6,11-12H,7-10H2,1-2H3. The Kier molecular flexibility index (Phi) is 3.87. The number of piperazine rings is 1. The summed E-state index contributed by atoms with van der Waals surface area (Å²) in [5.41, 5.74) is 1.71. The molecule has 6 heteroatoms. The van der Waals surface area contributed by atoms with Gasteiger partial charge in [0.05, 0.1) is 0 Å². The number of carbonyl (C=O) groups is 1. The SMILES string of the molecule is Cc1cc(N2CCN(C(=O)c3cc4ccccc4o3)CC2)nc(C)n1. The highest BCUT2D eigenvalue weighted by molar-refractivity contribution is 5.96. The fourth-order valence-corrected chi connectivity index (χ4v) is 3.24. The molecule has 0 atom stereocenters. The minimum absolute atomic E-state index is 0.0501. The summed E-state index contributed by atoms with van der Waals surface area (Å²) in [7, 11) is 0. The summed E-state index contributed by atoms with van der Waals surface area (Å²) in [6.07, 6.45) is 0. The molecular formula is C19H20N4O2. The minimum Gasteiger partial charge on any atom is -0.451 e. The second-order valence-electron chi connectivity index (χ2n) is 6.34. The van der Waals surface area contributed by atoms with Gasteiger partial charge in [0.25, 0.3) is 5.91 Å². The van der Waals surface area contributed by atoms with Gasteiger partial charge < -0.3 is 14.2 Å². The highest BCUT2D eigenvalue weighted by Crippen LogP contribution is 2.21. The monoisotopic (exact) mass is 336 g/mol. The first-order chi connectivity index (χ1) is 12.1. The Balaban J connectivity index is 1.46. The highest BCUT2D eigenvalue weighted by atomic mass is 16.3. The normalized spacial score (nSPS) is 15.0. The van der Waals surface area contributed by atoms with Crippen LogP contribution in [-0.4, -0.2) is 47.0 Å². The molecule has 1 saturated heterocycles. The smallest absolute Gasteiger partial charge is 0.289 e. The van der Waals surface area contributed by atoms with Gasteiger partial charge in [-0.25, -0.2) is 9.97 Å². The Morgan fingerprint density at radius 1 is 1.04 bits per heavy atom. The third-order valence-electron chi connectivity index (χ3n) is 4.48. The molecule has 1 amide bonds. The van der Waals surface area contributed by atoms with Crippen molar-refractivity contribution < 1.29 is 9.21 Å². The van der Waals surface area contributed by atoms with Gasteiger partial charge in [0, 0.05) is 43.3 Å². The molecule has 0 N–H and O–H groups in total. The van der Waals surface area contributed by atoms with Crippen LogP contribution in [0.1, 0.15) is 22.1 Å². The fraction of sp³-hybridized carbons (Fsp3) is 0.316. The first kappa shape index (κ1) is 15.6. The van der Waals surface area contributed by atoms with Crippen molar-refractivity contribution in [2.75, 3.05) is 31.1 Å². The van der Waals surface area contributed by atoms with E-state index < -0.39 is 0 Å². The van der Waals surface area contributed by atoms with Gasteiger partial charge in [0.1, 0.15) is 17.2 Å². The molecule has 0 saturated carbocycles. The largest absolute Gasteiger partial charge is 0.451 e. The minimum atomic E-state index is -0.0501. The summed E-state index contributed by atoms with van der Waals surface area (Å²) < 4.78 is 5.70. The number of benzene rings is 1. The van der Waals surface area contributed by atoms with E-state index in [0.29, 0.717) is 18.8 Å². The van der Waals surface area contributed by atoms with Crippen molar-refractivity contribution in [1.29, 1.82) is 0 Å². The van der Waals surface area contributed by atoms with E-state index in [1.165, 1.54) is 0 Å². The Morgan fingerprint density at radius 2 is 1.80 bits per heavy atom. The molecule has 4 rings (SSSR count). The lowest BCUT2D eigenvalue weighted by molar-refractivity contribution is 0.0717. The Bertz CT molecular complexity index is 873. The van der Waals surface area contributed by atoms with Crippen LogP contribution in [0.5, 0.6) is 0 Å². The predicted octanol–water partition coefficient (Wildman–Crippen LogP) is 2.80. The zero-order chi connectivity index (χ0) is 17.4. The number of aromatic nitrogens is 2. The summed E-state index contributed by atoms with van der Waals surface area (Å²) in [5, 5.41) is 0.955. The predicted molar refractivity (Wildman–Crippen MR) is 95.8 cm³/mol. The third-order valence-corrected chi connectivity index (χ3v) is 4.48. The van der Waals surface area contributed by atoms with Crippen LogP contribution in [0.4, 0.5) is 5.82 Å². The summed E-state index contributed by atoms with van der Waals surface area (Å²) in [5.74, 6) is 2.06. The van der Waals surface area contributed by atoms with Gasteiger partial charge in [-0.05, 0) is 26.0 Å². The number of anilines is 1. The number of para-hydroxylation sites is 1. The molecule has 6 nitrogen and oxygen atoms in total. The van der Waals surface area contributed by atoms with Gasteiger partial charge in [0.15, 0.2) is 5.76 Å². The molecule has 128 valence electrons. The van der Waals surface area contributed by atoms with Crippen molar-refractivity contribution in [3.8, 4) is 0 Å². The molecule has 1 fully saturated rings. The van der Waals surface area contributed by atoms with E-state index in [-0.39, 0.29) is 5.91 Å². The molecule has 1 aliphatic rings. The lowest BCUT2D eigenvalue weighted by Crippen LogP contribution is -2.49. The number of carbonyl (C=O) groups excluding carboxylic acids is 1.